The molecule has 0 amide bonds. The number of fused-ring (bicyclic) bond motifs is 1. The summed E-state index contributed by atoms with van der Waals surface area (Å²) in [4.78, 5) is 2.15. The lowest BCUT2D eigenvalue weighted by molar-refractivity contribution is 0.0745. The molecule has 1 N–H and O–H groups in total. The van der Waals surface area contributed by atoms with Crippen molar-refractivity contribution in [1.82, 2.24) is 0 Å². The summed E-state index contributed by atoms with van der Waals surface area (Å²) in [5, 5.41) is 10.0. The minimum atomic E-state index is -0.858. The Labute approximate surface area is 90.3 Å². The molecule has 0 spiro atoms. The van der Waals surface area contributed by atoms with Gasteiger partial charge in [0, 0.05) is 12.6 Å². The van der Waals surface area contributed by atoms with Gasteiger partial charge in [-0.1, -0.05) is 12.1 Å². The fourth-order valence-corrected chi connectivity index (χ4v) is 1.86. The monoisotopic (exact) mass is 207 g/mol. The normalized spacial score (nSPS) is 15.9. The van der Waals surface area contributed by atoms with Crippen molar-refractivity contribution in [3.8, 4) is 5.75 Å². The van der Waals surface area contributed by atoms with Gasteiger partial charge in [0.15, 0.2) is 0 Å². The van der Waals surface area contributed by atoms with Crippen molar-refractivity contribution in [3.63, 3.8) is 0 Å². The van der Waals surface area contributed by atoms with E-state index in [1.165, 1.54) is 0 Å². The fourth-order valence-electron chi connectivity index (χ4n) is 1.86. The first-order chi connectivity index (χ1) is 7.00. The fraction of sp³-hybridized carbons (Fsp3) is 0.500. The van der Waals surface area contributed by atoms with Gasteiger partial charge in [-0.3, -0.25) is 0 Å². The minimum absolute atomic E-state index is 0.677. The molecule has 15 heavy (non-hydrogen) atoms. The summed E-state index contributed by atoms with van der Waals surface area (Å²) in [7, 11) is 2.04. The Hall–Kier alpha value is -1.22. The van der Waals surface area contributed by atoms with Crippen molar-refractivity contribution in [2.75, 3.05) is 25.1 Å². The van der Waals surface area contributed by atoms with Crippen LogP contribution in [0.5, 0.6) is 5.75 Å². The first-order valence-corrected chi connectivity index (χ1v) is 5.20. The highest BCUT2D eigenvalue weighted by Crippen LogP contribution is 2.39. The van der Waals surface area contributed by atoms with Crippen molar-refractivity contribution in [3.05, 3.63) is 23.8 Å². The predicted octanol–water partition coefficient (Wildman–Crippen LogP) is 1.74. The molecule has 1 aromatic rings. The third-order valence-corrected chi connectivity index (χ3v) is 2.74. The highest BCUT2D eigenvalue weighted by Gasteiger charge is 2.26. The molecule has 0 radical (unpaired) electrons. The summed E-state index contributed by atoms with van der Waals surface area (Å²) in [5.74, 6) is 0.818. The van der Waals surface area contributed by atoms with Gasteiger partial charge in [0.25, 0.3) is 0 Å². The zero-order valence-corrected chi connectivity index (χ0v) is 9.45. The molecule has 0 aromatic heterocycles. The number of likely N-dealkylation sites (N-methyl/N-ethyl adjacent to an activating group) is 1. The van der Waals surface area contributed by atoms with E-state index < -0.39 is 5.60 Å². The standard InChI is InChI=1S/C12H17NO2/c1-12(2,14)9-5-4-6-10-11(9)15-8-7-13(10)3/h4-6,14H,7-8H2,1-3H3. The van der Waals surface area contributed by atoms with Crippen LogP contribution in [-0.4, -0.2) is 25.3 Å². The zero-order chi connectivity index (χ0) is 11.1. The second kappa shape index (κ2) is 3.42. The highest BCUT2D eigenvalue weighted by molar-refractivity contribution is 5.63. The molecule has 0 saturated heterocycles. The van der Waals surface area contributed by atoms with Gasteiger partial charge >= 0.3 is 0 Å². The molecule has 3 nitrogen and oxygen atoms in total. The van der Waals surface area contributed by atoms with Crippen molar-refractivity contribution in [1.29, 1.82) is 0 Å². The number of hydrogen-bond acceptors (Lipinski definition) is 3. The maximum atomic E-state index is 10.0. The van der Waals surface area contributed by atoms with E-state index in [0.717, 1.165) is 23.5 Å². The van der Waals surface area contributed by atoms with Crippen LogP contribution in [0.4, 0.5) is 5.69 Å². The van der Waals surface area contributed by atoms with Crippen LogP contribution in [0, 0.1) is 0 Å². The molecule has 1 aromatic carbocycles. The number of ether oxygens (including phenoxy) is 1. The Morgan fingerprint density at radius 3 is 2.80 bits per heavy atom. The third-order valence-electron chi connectivity index (χ3n) is 2.74. The van der Waals surface area contributed by atoms with Crippen molar-refractivity contribution < 1.29 is 9.84 Å². The number of hydrogen-bond donors (Lipinski definition) is 1. The number of para-hydroxylation sites is 1. The molecule has 0 saturated carbocycles. The molecule has 3 heteroatoms. The first-order valence-electron chi connectivity index (χ1n) is 5.20. The second-order valence-electron chi connectivity index (χ2n) is 4.48. The van der Waals surface area contributed by atoms with Gasteiger partial charge in [0.2, 0.25) is 0 Å². The summed E-state index contributed by atoms with van der Waals surface area (Å²) in [5.41, 5.74) is 1.05. The molecule has 0 unspecified atom stereocenters. The molecule has 0 aliphatic carbocycles. The van der Waals surface area contributed by atoms with E-state index in [1.54, 1.807) is 13.8 Å². The number of nitrogens with zero attached hydrogens (tertiary/aromatic N) is 1. The molecule has 1 heterocycles. The summed E-state index contributed by atoms with van der Waals surface area (Å²) in [6.07, 6.45) is 0. The Balaban J connectivity index is 2.54. The van der Waals surface area contributed by atoms with Crippen LogP contribution in [0.25, 0.3) is 0 Å². The topological polar surface area (TPSA) is 32.7 Å². The van der Waals surface area contributed by atoms with Gasteiger partial charge in [0.1, 0.15) is 12.4 Å². The molecule has 0 fully saturated rings. The Bertz CT molecular complexity index is 368. The Kier molecular flexibility index (Phi) is 2.35. The number of anilines is 1. The van der Waals surface area contributed by atoms with Gasteiger partial charge in [-0.05, 0) is 19.9 Å². The van der Waals surface area contributed by atoms with Crippen LogP contribution < -0.4 is 9.64 Å². The van der Waals surface area contributed by atoms with Crippen LogP contribution in [0.15, 0.2) is 18.2 Å². The van der Waals surface area contributed by atoms with Gasteiger partial charge in [0.05, 0.1) is 17.8 Å². The largest absolute Gasteiger partial charge is 0.489 e. The average molecular weight is 207 g/mol. The SMILES string of the molecule is CN1CCOc2c1cccc2C(C)(C)O. The van der Waals surface area contributed by atoms with Crippen LogP contribution in [0.3, 0.4) is 0 Å². The van der Waals surface area contributed by atoms with Crippen LogP contribution >= 0.6 is 0 Å². The van der Waals surface area contributed by atoms with Crippen LogP contribution in [0.1, 0.15) is 19.4 Å². The van der Waals surface area contributed by atoms with E-state index in [9.17, 15) is 5.11 Å². The molecular formula is C12H17NO2. The summed E-state index contributed by atoms with van der Waals surface area (Å²) in [6.45, 7) is 5.13. The first kappa shape index (κ1) is 10.3. The predicted molar refractivity (Wildman–Crippen MR) is 60.5 cm³/mol. The second-order valence-corrected chi connectivity index (χ2v) is 4.48. The summed E-state index contributed by atoms with van der Waals surface area (Å²) >= 11 is 0. The van der Waals surface area contributed by atoms with Gasteiger partial charge in [-0.15, -0.1) is 0 Å². The Morgan fingerprint density at radius 2 is 2.13 bits per heavy atom. The van der Waals surface area contributed by atoms with Gasteiger partial charge in [-0.2, -0.15) is 0 Å². The summed E-state index contributed by atoms with van der Waals surface area (Å²) < 4.78 is 5.65. The quantitative estimate of drug-likeness (QED) is 0.761. The lowest BCUT2D eigenvalue weighted by Gasteiger charge is -2.31. The van der Waals surface area contributed by atoms with E-state index in [0.29, 0.717) is 6.61 Å². The summed E-state index contributed by atoms with van der Waals surface area (Å²) in [6, 6.07) is 5.89. The van der Waals surface area contributed by atoms with E-state index >= 15 is 0 Å². The van der Waals surface area contributed by atoms with Gasteiger partial charge < -0.3 is 14.7 Å². The maximum absolute atomic E-state index is 10.0. The van der Waals surface area contributed by atoms with Gasteiger partial charge in [-0.25, -0.2) is 0 Å². The molecule has 0 bridgehead atoms. The number of aliphatic hydroxyl groups is 1. The molecule has 82 valence electrons. The lowest BCUT2D eigenvalue weighted by Crippen LogP contribution is -2.30. The van der Waals surface area contributed by atoms with E-state index in [-0.39, 0.29) is 0 Å². The smallest absolute Gasteiger partial charge is 0.148 e. The molecular weight excluding hydrogens is 190 g/mol. The number of benzene rings is 1. The molecule has 1 aliphatic rings. The van der Waals surface area contributed by atoms with Crippen LogP contribution in [0.2, 0.25) is 0 Å². The van der Waals surface area contributed by atoms with Crippen molar-refractivity contribution >= 4 is 5.69 Å². The van der Waals surface area contributed by atoms with E-state index in [1.807, 2.05) is 25.2 Å². The number of rotatable bonds is 1. The third kappa shape index (κ3) is 1.79. The Morgan fingerprint density at radius 1 is 1.40 bits per heavy atom. The minimum Gasteiger partial charge on any atom is -0.489 e. The molecule has 1 aliphatic heterocycles. The zero-order valence-electron chi connectivity index (χ0n) is 9.45. The average Bonchev–Trinajstić information content (AvgIpc) is 2.16. The van der Waals surface area contributed by atoms with Crippen molar-refractivity contribution in [2.24, 2.45) is 0 Å². The molecule has 2 rings (SSSR count). The van der Waals surface area contributed by atoms with E-state index in [4.69, 9.17) is 4.74 Å². The molecule has 0 atom stereocenters. The maximum Gasteiger partial charge on any atom is 0.148 e. The highest BCUT2D eigenvalue weighted by atomic mass is 16.5. The lowest BCUT2D eigenvalue weighted by atomic mass is 9.96. The van der Waals surface area contributed by atoms with Crippen LogP contribution in [-0.2, 0) is 5.60 Å². The van der Waals surface area contributed by atoms with Crippen molar-refractivity contribution in [2.45, 2.75) is 19.4 Å². The van der Waals surface area contributed by atoms with E-state index in [2.05, 4.69) is 4.90 Å².